The molecule has 1 aromatic carbocycles. The molecule has 1 aliphatic heterocycles. The van der Waals surface area contributed by atoms with Crippen LogP contribution in [0.25, 0.3) is 0 Å². The van der Waals surface area contributed by atoms with Gasteiger partial charge in [-0.15, -0.1) is 0 Å². The Labute approximate surface area is 119 Å². The van der Waals surface area contributed by atoms with Crippen molar-refractivity contribution < 1.29 is 17.6 Å². The fourth-order valence-electron chi connectivity index (χ4n) is 2.44. The van der Waals surface area contributed by atoms with Crippen molar-refractivity contribution in [3.05, 3.63) is 29.6 Å². The summed E-state index contributed by atoms with van der Waals surface area (Å²) in [5.74, 6) is -0.987. The largest absolute Gasteiger partial charge is 0.401 e. The minimum absolute atomic E-state index is 0.00164. The van der Waals surface area contributed by atoms with E-state index in [-0.39, 0.29) is 24.5 Å². The third kappa shape index (κ3) is 3.84. The van der Waals surface area contributed by atoms with Crippen LogP contribution in [0.4, 0.5) is 23.2 Å². The first-order valence-corrected chi connectivity index (χ1v) is 6.45. The first-order valence-electron chi connectivity index (χ1n) is 6.45. The highest BCUT2D eigenvalue weighted by Crippen LogP contribution is 2.25. The zero-order valence-electron chi connectivity index (χ0n) is 11.3. The number of halogens is 4. The predicted molar refractivity (Wildman–Crippen MR) is 72.1 cm³/mol. The summed E-state index contributed by atoms with van der Waals surface area (Å²) in [6.07, 6.45) is -4.22. The molecule has 2 rings (SSSR count). The molecule has 3 N–H and O–H groups in total. The van der Waals surface area contributed by atoms with Crippen molar-refractivity contribution in [3.8, 4) is 0 Å². The smallest absolute Gasteiger partial charge is 0.384 e. The van der Waals surface area contributed by atoms with Crippen molar-refractivity contribution in [2.75, 3.05) is 37.6 Å². The maximum Gasteiger partial charge on any atom is 0.401 e. The van der Waals surface area contributed by atoms with E-state index >= 15 is 0 Å². The number of piperazine rings is 1. The van der Waals surface area contributed by atoms with Crippen molar-refractivity contribution >= 4 is 11.5 Å². The van der Waals surface area contributed by atoms with E-state index in [2.05, 4.69) is 0 Å². The van der Waals surface area contributed by atoms with Crippen molar-refractivity contribution in [2.24, 2.45) is 5.73 Å². The zero-order valence-corrected chi connectivity index (χ0v) is 11.3. The molecule has 116 valence electrons. The van der Waals surface area contributed by atoms with Gasteiger partial charge >= 0.3 is 6.18 Å². The molecule has 1 saturated heterocycles. The Kier molecular flexibility index (Phi) is 4.36. The van der Waals surface area contributed by atoms with Crippen molar-refractivity contribution in [1.29, 1.82) is 5.41 Å². The second-order valence-corrected chi connectivity index (χ2v) is 4.93. The van der Waals surface area contributed by atoms with Crippen LogP contribution in [-0.2, 0) is 0 Å². The Hall–Kier alpha value is -1.83. The lowest BCUT2D eigenvalue weighted by Crippen LogP contribution is -2.49. The summed E-state index contributed by atoms with van der Waals surface area (Å²) in [6.45, 7) is 0.184. The predicted octanol–water partition coefficient (Wildman–Crippen LogP) is 1.79. The molecule has 0 radical (unpaired) electrons. The monoisotopic (exact) mass is 304 g/mol. The standard InChI is InChI=1S/C13H16F4N4/c14-9-2-1-3-10(11(9)12(18)19)21-6-4-20(5-7-21)8-13(15,16)17/h1-3H,4-8H2,(H3,18,19). The number of alkyl halides is 3. The van der Waals surface area contributed by atoms with Crippen molar-refractivity contribution in [3.63, 3.8) is 0 Å². The normalized spacial score (nSPS) is 17.0. The number of amidine groups is 1. The van der Waals surface area contributed by atoms with Gasteiger partial charge in [-0.25, -0.2) is 4.39 Å². The quantitative estimate of drug-likeness (QED) is 0.508. The maximum atomic E-state index is 13.7. The molecule has 0 bridgehead atoms. The van der Waals surface area contributed by atoms with E-state index in [9.17, 15) is 17.6 Å². The van der Waals surface area contributed by atoms with E-state index in [1.165, 1.54) is 17.0 Å². The first kappa shape index (κ1) is 15.6. The van der Waals surface area contributed by atoms with Gasteiger partial charge in [0.15, 0.2) is 0 Å². The van der Waals surface area contributed by atoms with E-state index < -0.39 is 18.5 Å². The van der Waals surface area contributed by atoms with Gasteiger partial charge in [-0.1, -0.05) is 6.07 Å². The minimum Gasteiger partial charge on any atom is -0.384 e. The highest BCUT2D eigenvalue weighted by atomic mass is 19.4. The molecule has 0 unspecified atom stereocenters. The fourth-order valence-corrected chi connectivity index (χ4v) is 2.44. The molecule has 8 heteroatoms. The molecule has 0 saturated carbocycles. The van der Waals surface area contributed by atoms with Gasteiger partial charge in [-0.05, 0) is 12.1 Å². The van der Waals surface area contributed by atoms with Crippen LogP contribution in [0.2, 0.25) is 0 Å². The van der Waals surface area contributed by atoms with Gasteiger partial charge in [0.25, 0.3) is 0 Å². The van der Waals surface area contributed by atoms with Gasteiger partial charge in [0.05, 0.1) is 17.8 Å². The van der Waals surface area contributed by atoms with E-state index in [1.807, 2.05) is 0 Å². The topological polar surface area (TPSA) is 56.4 Å². The second-order valence-electron chi connectivity index (χ2n) is 4.93. The van der Waals surface area contributed by atoms with E-state index in [1.54, 1.807) is 11.0 Å². The molecule has 0 amide bonds. The zero-order chi connectivity index (χ0) is 15.6. The van der Waals surface area contributed by atoms with Crippen LogP contribution in [0.1, 0.15) is 5.56 Å². The Balaban J connectivity index is 2.10. The van der Waals surface area contributed by atoms with E-state index in [0.717, 1.165) is 0 Å². The lowest BCUT2D eigenvalue weighted by Gasteiger charge is -2.37. The molecule has 1 fully saturated rings. The Morgan fingerprint density at radius 2 is 1.81 bits per heavy atom. The number of hydrogen-bond acceptors (Lipinski definition) is 3. The molecule has 0 aliphatic carbocycles. The van der Waals surface area contributed by atoms with Crippen LogP contribution in [0.3, 0.4) is 0 Å². The number of nitrogens with zero attached hydrogens (tertiary/aromatic N) is 2. The fraction of sp³-hybridized carbons (Fsp3) is 0.462. The van der Waals surface area contributed by atoms with Crippen LogP contribution in [0, 0.1) is 11.2 Å². The summed E-state index contributed by atoms with van der Waals surface area (Å²) >= 11 is 0. The van der Waals surface area contributed by atoms with Crippen LogP contribution < -0.4 is 10.6 Å². The Bertz CT molecular complexity index is 521. The second kappa shape index (κ2) is 5.88. The third-order valence-corrected chi connectivity index (χ3v) is 3.38. The number of nitrogens with one attached hydrogen (secondary N) is 1. The molecule has 0 aromatic heterocycles. The number of benzene rings is 1. The summed E-state index contributed by atoms with van der Waals surface area (Å²) in [5.41, 5.74) is 5.84. The van der Waals surface area contributed by atoms with Crippen molar-refractivity contribution in [2.45, 2.75) is 6.18 Å². The van der Waals surface area contributed by atoms with Gasteiger partial charge < -0.3 is 10.6 Å². The minimum atomic E-state index is -4.22. The summed E-state index contributed by atoms with van der Waals surface area (Å²) in [4.78, 5) is 3.07. The van der Waals surface area contributed by atoms with Crippen LogP contribution in [-0.4, -0.2) is 49.6 Å². The third-order valence-electron chi connectivity index (χ3n) is 3.38. The number of nitrogen functional groups attached to an aromatic ring is 1. The molecule has 1 heterocycles. The molecule has 21 heavy (non-hydrogen) atoms. The summed E-state index contributed by atoms with van der Waals surface area (Å²) < 4.78 is 50.7. The van der Waals surface area contributed by atoms with Gasteiger partial charge in [0.1, 0.15) is 11.7 Å². The summed E-state index contributed by atoms with van der Waals surface area (Å²) in [6, 6.07) is 4.33. The highest BCUT2D eigenvalue weighted by molar-refractivity contribution is 6.00. The average molecular weight is 304 g/mol. The van der Waals surface area contributed by atoms with Gasteiger partial charge in [-0.3, -0.25) is 10.3 Å². The molecule has 1 aliphatic rings. The van der Waals surface area contributed by atoms with Gasteiger partial charge in [0.2, 0.25) is 0 Å². The molecule has 4 nitrogen and oxygen atoms in total. The summed E-state index contributed by atoms with van der Waals surface area (Å²) in [7, 11) is 0. The van der Waals surface area contributed by atoms with Crippen LogP contribution >= 0.6 is 0 Å². The molecule has 0 atom stereocenters. The molecular weight excluding hydrogens is 288 g/mol. The van der Waals surface area contributed by atoms with Gasteiger partial charge in [0, 0.05) is 26.2 Å². The van der Waals surface area contributed by atoms with Crippen molar-refractivity contribution in [1.82, 2.24) is 4.90 Å². The number of rotatable bonds is 3. The molecular formula is C13H16F4N4. The molecule has 0 spiro atoms. The number of anilines is 1. The number of hydrogen-bond donors (Lipinski definition) is 2. The lowest BCUT2D eigenvalue weighted by molar-refractivity contribution is -0.146. The highest BCUT2D eigenvalue weighted by Gasteiger charge is 2.32. The maximum absolute atomic E-state index is 13.7. The van der Waals surface area contributed by atoms with Crippen LogP contribution in [0.5, 0.6) is 0 Å². The van der Waals surface area contributed by atoms with Gasteiger partial charge in [-0.2, -0.15) is 13.2 Å². The number of nitrogens with two attached hydrogens (primary N) is 1. The first-order chi connectivity index (χ1) is 9.78. The lowest BCUT2D eigenvalue weighted by atomic mass is 10.1. The van der Waals surface area contributed by atoms with E-state index in [4.69, 9.17) is 11.1 Å². The van der Waals surface area contributed by atoms with E-state index in [0.29, 0.717) is 18.8 Å². The SMILES string of the molecule is N=C(N)c1c(F)cccc1N1CCN(CC(F)(F)F)CC1. The Morgan fingerprint density at radius 3 is 2.33 bits per heavy atom. The Morgan fingerprint density at radius 1 is 1.19 bits per heavy atom. The van der Waals surface area contributed by atoms with Crippen LogP contribution in [0.15, 0.2) is 18.2 Å². The average Bonchev–Trinajstić information content (AvgIpc) is 2.37. The molecule has 1 aromatic rings. The summed E-state index contributed by atoms with van der Waals surface area (Å²) in [5, 5.41) is 7.45.